The van der Waals surface area contributed by atoms with Crippen LogP contribution in [0, 0.1) is 17.3 Å². The van der Waals surface area contributed by atoms with E-state index < -0.39 is 17.5 Å². The van der Waals surface area contributed by atoms with Crippen molar-refractivity contribution < 1.29 is 29.2 Å². The van der Waals surface area contributed by atoms with Gasteiger partial charge in [0.1, 0.15) is 12.2 Å². The average molecular weight is 419 g/mol. The number of aliphatic hydroxyl groups excluding tert-OH is 1. The fourth-order valence-electron chi connectivity index (χ4n) is 7.76. The molecule has 3 aliphatic heterocycles. The Labute approximate surface area is 178 Å². The minimum Gasteiger partial charge on any atom is -0.394 e. The first kappa shape index (κ1) is 19.9. The molecule has 2 N–H and O–H groups in total. The van der Waals surface area contributed by atoms with E-state index in [9.17, 15) is 10.2 Å². The maximum atomic E-state index is 11.9. The summed E-state index contributed by atoms with van der Waals surface area (Å²) in [4.78, 5) is 0. The van der Waals surface area contributed by atoms with Crippen molar-refractivity contribution in [3.05, 3.63) is 22.8 Å². The van der Waals surface area contributed by atoms with Gasteiger partial charge in [0.05, 0.1) is 38.6 Å². The normalized spacial score (nSPS) is 50.4. The largest absolute Gasteiger partial charge is 0.394 e. The number of ether oxygens (including phenoxy) is 4. The van der Waals surface area contributed by atoms with Gasteiger partial charge >= 0.3 is 0 Å². The van der Waals surface area contributed by atoms with Gasteiger partial charge < -0.3 is 29.2 Å². The number of allylic oxidation sites excluding steroid dienone is 2. The van der Waals surface area contributed by atoms with Gasteiger partial charge in [-0.1, -0.05) is 18.6 Å². The van der Waals surface area contributed by atoms with Crippen LogP contribution in [0.4, 0.5) is 0 Å². The second-order valence-corrected chi connectivity index (χ2v) is 10.4. The van der Waals surface area contributed by atoms with Crippen molar-refractivity contribution in [2.75, 3.05) is 33.0 Å². The van der Waals surface area contributed by atoms with E-state index >= 15 is 0 Å². The lowest BCUT2D eigenvalue weighted by atomic mass is 9.55. The third-order valence-electron chi connectivity index (χ3n) is 9.34. The van der Waals surface area contributed by atoms with E-state index in [2.05, 4.69) is 13.0 Å². The van der Waals surface area contributed by atoms with E-state index in [-0.39, 0.29) is 18.1 Å². The highest BCUT2D eigenvalue weighted by molar-refractivity contribution is 5.46. The van der Waals surface area contributed by atoms with Crippen LogP contribution in [0.1, 0.15) is 51.9 Å². The van der Waals surface area contributed by atoms with Gasteiger partial charge in [0, 0.05) is 18.3 Å². The molecule has 7 rings (SSSR count). The molecule has 0 radical (unpaired) electrons. The lowest BCUT2D eigenvalue weighted by Gasteiger charge is -2.54. The van der Waals surface area contributed by atoms with E-state index in [1.165, 1.54) is 16.7 Å². The van der Waals surface area contributed by atoms with E-state index in [1.807, 2.05) is 0 Å². The molecule has 0 amide bonds. The number of rotatable bonds is 1. The molecule has 30 heavy (non-hydrogen) atoms. The zero-order valence-corrected chi connectivity index (χ0v) is 17.9. The number of hydrogen-bond donors (Lipinski definition) is 2. The van der Waals surface area contributed by atoms with Gasteiger partial charge in [-0.05, 0) is 55.1 Å². The zero-order chi connectivity index (χ0) is 20.6. The minimum atomic E-state index is -1.02. The van der Waals surface area contributed by atoms with Crippen molar-refractivity contribution in [3.63, 3.8) is 0 Å². The Morgan fingerprint density at radius 3 is 2.70 bits per heavy atom. The summed E-state index contributed by atoms with van der Waals surface area (Å²) in [6, 6.07) is 0. The Kier molecular flexibility index (Phi) is 4.55. The molecule has 6 nitrogen and oxygen atoms in total. The Hall–Kier alpha value is -0.760. The predicted molar refractivity (Wildman–Crippen MR) is 109 cm³/mol. The molecule has 1 saturated carbocycles. The zero-order valence-electron chi connectivity index (χ0n) is 17.9. The molecule has 166 valence electrons. The summed E-state index contributed by atoms with van der Waals surface area (Å²) in [6.45, 7) is 3.88. The molecule has 7 atom stereocenters. The van der Waals surface area contributed by atoms with Crippen LogP contribution in [0.2, 0.25) is 0 Å². The highest BCUT2D eigenvalue weighted by Gasteiger charge is 2.64. The third kappa shape index (κ3) is 2.52. The van der Waals surface area contributed by atoms with Crippen molar-refractivity contribution in [3.8, 4) is 0 Å². The molecule has 3 unspecified atom stereocenters. The van der Waals surface area contributed by atoms with Crippen molar-refractivity contribution in [1.82, 2.24) is 0 Å². The summed E-state index contributed by atoms with van der Waals surface area (Å²) in [5.74, 6) is 0.159. The number of aliphatic hydroxyl groups is 2. The number of fused-ring (bicyclic) bond motifs is 5. The van der Waals surface area contributed by atoms with Crippen molar-refractivity contribution >= 4 is 0 Å². The van der Waals surface area contributed by atoms with E-state index in [4.69, 9.17) is 18.9 Å². The maximum Gasteiger partial charge on any atom is 0.199 e. The first-order valence-electron chi connectivity index (χ1n) is 11.8. The Balaban J connectivity index is 1.47. The average Bonchev–Trinajstić information content (AvgIpc) is 3.03. The Morgan fingerprint density at radius 1 is 1.10 bits per heavy atom. The molecule has 0 aromatic heterocycles. The quantitative estimate of drug-likeness (QED) is 0.681. The monoisotopic (exact) mass is 418 g/mol. The van der Waals surface area contributed by atoms with Crippen LogP contribution in [-0.2, 0) is 18.9 Å². The lowest BCUT2D eigenvalue weighted by Crippen LogP contribution is -2.59. The first-order chi connectivity index (χ1) is 14.5. The summed E-state index contributed by atoms with van der Waals surface area (Å²) in [5.41, 5.74) is 3.15. The number of hydrogen-bond acceptors (Lipinski definition) is 6. The van der Waals surface area contributed by atoms with Crippen LogP contribution in [0.25, 0.3) is 0 Å². The van der Waals surface area contributed by atoms with Crippen molar-refractivity contribution in [1.29, 1.82) is 0 Å². The molecular weight excluding hydrogens is 384 g/mol. The van der Waals surface area contributed by atoms with E-state index in [0.717, 1.165) is 38.5 Å². The van der Waals surface area contributed by atoms with Crippen LogP contribution in [0.3, 0.4) is 0 Å². The van der Waals surface area contributed by atoms with Crippen LogP contribution in [0.5, 0.6) is 0 Å². The minimum absolute atomic E-state index is 0.0879. The molecule has 2 fully saturated rings. The molecule has 1 saturated heterocycles. The molecule has 7 aliphatic rings. The summed E-state index contributed by atoms with van der Waals surface area (Å²) in [5, 5.41) is 22.0. The van der Waals surface area contributed by atoms with Gasteiger partial charge in [-0.15, -0.1) is 0 Å². The SMILES string of the molecule is C[C@]12CC=C3C4=C5CC[C@H]3[C@H]1CC[C@@]2(O)C(CO)OCCOC1(C5)OCCOC1C4. The Bertz CT molecular complexity index is 791. The molecule has 4 aliphatic carbocycles. The van der Waals surface area contributed by atoms with Crippen molar-refractivity contribution in [2.24, 2.45) is 17.3 Å². The van der Waals surface area contributed by atoms with Crippen LogP contribution in [0.15, 0.2) is 22.8 Å². The molecule has 0 aromatic rings. The van der Waals surface area contributed by atoms with Crippen molar-refractivity contribution in [2.45, 2.75) is 75.5 Å². The molecular formula is C24H34O6. The van der Waals surface area contributed by atoms with Gasteiger partial charge in [-0.25, -0.2) is 0 Å². The smallest absolute Gasteiger partial charge is 0.199 e. The van der Waals surface area contributed by atoms with Crippen LogP contribution < -0.4 is 0 Å². The molecule has 0 aromatic carbocycles. The molecule has 5 bridgehead atoms. The summed E-state index contributed by atoms with van der Waals surface area (Å²) in [7, 11) is 0. The molecule has 6 heteroatoms. The standard InChI is InChI=1S/C24H34O6/c1-22-6-4-16-17-3-2-15-13-24(20(12-18(15)16)27-8-10-29-24)30-11-9-28-21(14-25)23(22,26)7-5-19(17)22/h4,17,19-21,25-26H,2-3,5-14H2,1H3/t17-,19-,20?,21?,22+,23-,24?/m1/s1. The van der Waals surface area contributed by atoms with Crippen LogP contribution in [-0.4, -0.2) is 66.8 Å². The van der Waals surface area contributed by atoms with E-state index in [1.54, 1.807) is 0 Å². The molecule has 3 heterocycles. The Morgan fingerprint density at radius 2 is 1.90 bits per heavy atom. The molecule has 1 spiro atoms. The van der Waals surface area contributed by atoms with Gasteiger partial charge in [0.2, 0.25) is 0 Å². The van der Waals surface area contributed by atoms with Gasteiger partial charge in [-0.3, -0.25) is 0 Å². The third-order valence-corrected chi connectivity index (χ3v) is 9.34. The summed E-state index contributed by atoms with van der Waals surface area (Å²) in [6.07, 6.45) is 8.03. The van der Waals surface area contributed by atoms with Crippen LogP contribution >= 0.6 is 0 Å². The first-order valence-corrected chi connectivity index (χ1v) is 11.8. The fourth-order valence-corrected chi connectivity index (χ4v) is 7.76. The van der Waals surface area contributed by atoms with E-state index in [0.29, 0.717) is 44.7 Å². The second-order valence-electron chi connectivity index (χ2n) is 10.4. The highest BCUT2D eigenvalue weighted by atomic mass is 16.7. The highest BCUT2D eigenvalue weighted by Crippen LogP contribution is 2.64. The topological polar surface area (TPSA) is 77.4 Å². The summed E-state index contributed by atoms with van der Waals surface area (Å²) < 4.78 is 24.8. The van der Waals surface area contributed by atoms with Gasteiger partial charge in [0.25, 0.3) is 0 Å². The van der Waals surface area contributed by atoms with Gasteiger partial charge in [0.15, 0.2) is 5.79 Å². The lowest BCUT2D eigenvalue weighted by molar-refractivity contribution is -0.330. The summed E-state index contributed by atoms with van der Waals surface area (Å²) >= 11 is 0. The fraction of sp³-hybridized carbons (Fsp3) is 0.833. The second kappa shape index (κ2) is 6.87. The van der Waals surface area contributed by atoms with Gasteiger partial charge in [-0.2, -0.15) is 0 Å². The predicted octanol–water partition coefficient (Wildman–Crippen LogP) is 2.48. The maximum absolute atomic E-state index is 11.9.